The fourth-order valence-electron chi connectivity index (χ4n) is 1.31. The Bertz CT molecular complexity index is 302. The van der Waals surface area contributed by atoms with Crippen molar-refractivity contribution >= 4 is 0 Å². The molecule has 0 spiro atoms. The Labute approximate surface area is 86.4 Å². The summed E-state index contributed by atoms with van der Waals surface area (Å²) < 4.78 is 5.74. The lowest BCUT2D eigenvalue weighted by atomic mass is 10.0. The van der Waals surface area contributed by atoms with Crippen molar-refractivity contribution in [2.24, 2.45) is 0 Å². The van der Waals surface area contributed by atoms with E-state index in [1.807, 2.05) is 25.1 Å². The molecule has 1 nitrogen and oxygen atoms in total. The number of ether oxygens (including phenoxy) is 1. The first-order chi connectivity index (χ1) is 6.65. The van der Waals surface area contributed by atoms with Crippen LogP contribution in [0, 0.1) is 0 Å². The summed E-state index contributed by atoms with van der Waals surface area (Å²) in [7, 11) is 0. The smallest absolute Gasteiger partial charge is 0.123 e. The topological polar surface area (TPSA) is 9.23 Å². The molecule has 1 rings (SSSR count). The minimum absolute atomic E-state index is 0.0647. The monoisotopic (exact) mass is 190 g/mol. The van der Waals surface area contributed by atoms with Crippen molar-refractivity contribution in [1.82, 2.24) is 0 Å². The SMILES string of the molecule is C=CC(C)Oc1ccccc1C(C)C. The van der Waals surface area contributed by atoms with Crippen LogP contribution >= 0.6 is 0 Å². The maximum Gasteiger partial charge on any atom is 0.123 e. The van der Waals surface area contributed by atoms with Gasteiger partial charge in [0.1, 0.15) is 11.9 Å². The Morgan fingerprint density at radius 2 is 1.86 bits per heavy atom. The van der Waals surface area contributed by atoms with Gasteiger partial charge in [-0.05, 0) is 24.5 Å². The standard InChI is InChI=1S/C13H18O/c1-5-11(4)14-13-9-7-6-8-12(13)10(2)3/h5-11H,1H2,2-4H3. The Morgan fingerprint density at radius 1 is 1.21 bits per heavy atom. The molecule has 76 valence electrons. The van der Waals surface area contributed by atoms with Crippen molar-refractivity contribution in [3.05, 3.63) is 42.5 Å². The van der Waals surface area contributed by atoms with Crippen LogP contribution in [0.3, 0.4) is 0 Å². The molecule has 0 aliphatic heterocycles. The van der Waals surface area contributed by atoms with Crippen LogP contribution in [0.15, 0.2) is 36.9 Å². The summed E-state index contributed by atoms with van der Waals surface area (Å²) in [4.78, 5) is 0. The zero-order valence-corrected chi connectivity index (χ0v) is 9.16. The van der Waals surface area contributed by atoms with Crippen molar-refractivity contribution in [3.8, 4) is 5.75 Å². The van der Waals surface area contributed by atoms with E-state index < -0.39 is 0 Å². The number of rotatable bonds is 4. The quantitative estimate of drug-likeness (QED) is 0.657. The highest BCUT2D eigenvalue weighted by molar-refractivity contribution is 5.35. The van der Waals surface area contributed by atoms with E-state index in [0.717, 1.165) is 5.75 Å². The molecule has 0 bridgehead atoms. The summed E-state index contributed by atoms with van der Waals surface area (Å²) >= 11 is 0. The van der Waals surface area contributed by atoms with E-state index in [-0.39, 0.29) is 6.10 Å². The molecule has 0 saturated heterocycles. The summed E-state index contributed by atoms with van der Waals surface area (Å²) in [5.74, 6) is 1.46. The first kappa shape index (κ1) is 10.8. The molecule has 0 aromatic heterocycles. The molecule has 1 aromatic carbocycles. The van der Waals surface area contributed by atoms with Crippen molar-refractivity contribution in [3.63, 3.8) is 0 Å². The van der Waals surface area contributed by atoms with Gasteiger partial charge in [-0.2, -0.15) is 0 Å². The average Bonchev–Trinajstić information content (AvgIpc) is 2.18. The first-order valence-corrected chi connectivity index (χ1v) is 5.03. The second-order valence-corrected chi connectivity index (χ2v) is 3.75. The Kier molecular flexibility index (Phi) is 3.75. The van der Waals surface area contributed by atoms with E-state index in [4.69, 9.17) is 4.74 Å². The Balaban J connectivity index is 2.89. The zero-order chi connectivity index (χ0) is 10.6. The normalized spacial score (nSPS) is 12.6. The van der Waals surface area contributed by atoms with Crippen LogP contribution in [0.2, 0.25) is 0 Å². The molecule has 0 heterocycles. The molecule has 0 saturated carbocycles. The lowest BCUT2D eigenvalue weighted by Crippen LogP contribution is -2.09. The van der Waals surface area contributed by atoms with Crippen LogP contribution in [-0.2, 0) is 0 Å². The van der Waals surface area contributed by atoms with Gasteiger partial charge in [-0.3, -0.25) is 0 Å². The van der Waals surface area contributed by atoms with Gasteiger partial charge in [0.05, 0.1) is 0 Å². The van der Waals surface area contributed by atoms with Gasteiger partial charge in [0, 0.05) is 0 Å². The van der Waals surface area contributed by atoms with Crippen LogP contribution in [-0.4, -0.2) is 6.10 Å². The summed E-state index contributed by atoms with van der Waals surface area (Å²) in [5.41, 5.74) is 1.25. The molecule has 0 aliphatic rings. The highest BCUT2D eigenvalue weighted by Gasteiger charge is 2.07. The number of para-hydroxylation sites is 1. The van der Waals surface area contributed by atoms with E-state index in [1.54, 1.807) is 6.08 Å². The van der Waals surface area contributed by atoms with Crippen molar-refractivity contribution in [2.75, 3.05) is 0 Å². The second kappa shape index (κ2) is 4.85. The van der Waals surface area contributed by atoms with E-state index in [9.17, 15) is 0 Å². The Morgan fingerprint density at radius 3 is 2.43 bits per heavy atom. The third-order valence-electron chi connectivity index (χ3n) is 2.19. The van der Waals surface area contributed by atoms with E-state index in [2.05, 4.69) is 26.5 Å². The zero-order valence-electron chi connectivity index (χ0n) is 9.16. The molecular weight excluding hydrogens is 172 g/mol. The highest BCUT2D eigenvalue weighted by atomic mass is 16.5. The fraction of sp³-hybridized carbons (Fsp3) is 0.385. The molecular formula is C13H18O. The lowest BCUT2D eigenvalue weighted by molar-refractivity contribution is 0.266. The van der Waals surface area contributed by atoms with Gasteiger partial charge in [-0.25, -0.2) is 0 Å². The van der Waals surface area contributed by atoms with E-state index in [1.165, 1.54) is 5.56 Å². The molecule has 0 amide bonds. The summed E-state index contributed by atoms with van der Waals surface area (Å²) in [6, 6.07) is 8.16. The molecule has 0 radical (unpaired) electrons. The van der Waals surface area contributed by atoms with E-state index >= 15 is 0 Å². The molecule has 1 unspecified atom stereocenters. The molecule has 0 aliphatic carbocycles. The number of benzene rings is 1. The molecule has 0 N–H and O–H groups in total. The molecule has 1 aromatic rings. The largest absolute Gasteiger partial charge is 0.486 e. The summed E-state index contributed by atoms with van der Waals surface area (Å²) in [5, 5.41) is 0. The third-order valence-corrected chi connectivity index (χ3v) is 2.19. The first-order valence-electron chi connectivity index (χ1n) is 5.03. The van der Waals surface area contributed by atoms with Gasteiger partial charge in [-0.1, -0.05) is 44.7 Å². The highest BCUT2D eigenvalue weighted by Crippen LogP contribution is 2.26. The molecule has 14 heavy (non-hydrogen) atoms. The Hall–Kier alpha value is -1.24. The number of hydrogen-bond acceptors (Lipinski definition) is 1. The van der Waals surface area contributed by atoms with Gasteiger partial charge in [-0.15, -0.1) is 0 Å². The van der Waals surface area contributed by atoms with Gasteiger partial charge >= 0.3 is 0 Å². The summed E-state index contributed by atoms with van der Waals surface area (Å²) in [6.45, 7) is 10.0. The second-order valence-electron chi connectivity index (χ2n) is 3.75. The number of hydrogen-bond donors (Lipinski definition) is 0. The average molecular weight is 190 g/mol. The fourth-order valence-corrected chi connectivity index (χ4v) is 1.31. The van der Waals surface area contributed by atoms with Gasteiger partial charge in [0.15, 0.2) is 0 Å². The van der Waals surface area contributed by atoms with Crippen LogP contribution in [0.5, 0.6) is 5.75 Å². The van der Waals surface area contributed by atoms with Gasteiger partial charge < -0.3 is 4.74 Å². The van der Waals surface area contributed by atoms with Crippen LogP contribution in [0.1, 0.15) is 32.3 Å². The predicted molar refractivity (Wildman–Crippen MR) is 60.8 cm³/mol. The van der Waals surface area contributed by atoms with E-state index in [0.29, 0.717) is 5.92 Å². The minimum Gasteiger partial charge on any atom is -0.486 e. The predicted octanol–water partition coefficient (Wildman–Crippen LogP) is 3.76. The van der Waals surface area contributed by atoms with Gasteiger partial charge in [0.25, 0.3) is 0 Å². The van der Waals surface area contributed by atoms with Crippen molar-refractivity contribution in [2.45, 2.75) is 32.8 Å². The molecule has 0 fully saturated rings. The maximum absolute atomic E-state index is 5.74. The van der Waals surface area contributed by atoms with Crippen LogP contribution in [0.4, 0.5) is 0 Å². The molecule has 1 heteroatoms. The third kappa shape index (κ3) is 2.63. The minimum atomic E-state index is 0.0647. The van der Waals surface area contributed by atoms with Crippen LogP contribution < -0.4 is 4.74 Å². The van der Waals surface area contributed by atoms with Crippen molar-refractivity contribution in [1.29, 1.82) is 0 Å². The lowest BCUT2D eigenvalue weighted by Gasteiger charge is -2.16. The molecule has 1 atom stereocenters. The van der Waals surface area contributed by atoms with Gasteiger partial charge in [0.2, 0.25) is 0 Å². The maximum atomic E-state index is 5.74. The van der Waals surface area contributed by atoms with Crippen LogP contribution in [0.25, 0.3) is 0 Å². The summed E-state index contributed by atoms with van der Waals surface area (Å²) in [6.07, 6.45) is 1.87. The van der Waals surface area contributed by atoms with Crippen molar-refractivity contribution < 1.29 is 4.74 Å².